The molecule has 0 aromatic carbocycles. The van der Waals surface area contributed by atoms with Crippen LogP contribution < -0.4 is 0 Å². The van der Waals surface area contributed by atoms with Crippen molar-refractivity contribution in [1.82, 2.24) is 0 Å². The molecule has 0 rings (SSSR count). The van der Waals surface area contributed by atoms with Gasteiger partial charge in [0.15, 0.2) is 0 Å². The molecule has 1 heteroatoms. The van der Waals surface area contributed by atoms with Crippen molar-refractivity contribution >= 4 is 0 Å². The fourth-order valence-electron chi connectivity index (χ4n) is 0.282. The topological polar surface area (TPSA) is 9.23 Å². The second kappa shape index (κ2) is 7.48. The predicted molar refractivity (Wildman–Crippen MR) is 40.6 cm³/mol. The van der Waals surface area contributed by atoms with Crippen molar-refractivity contribution in [3.05, 3.63) is 0 Å². The van der Waals surface area contributed by atoms with Crippen LogP contribution in [0.3, 0.4) is 0 Å². The van der Waals surface area contributed by atoms with Crippen LogP contribution in [-0.4, -0.2) is 6.61 Å². The summed E-state index contributed by atoms with van der Waals surface area (Å²) < 4.78 is 4.80. The van der Waals surface area contributed by atoms with Gasteiger partial charge in [-0.05, 0) is 18.3 Å². The Hall–Kier alpha value is -1.52. The molecule has 0 saturated carbocycles. The maximum absolute atomic E-state index is 4.84. The largest absolute Gasteiger partial charge is 0.446 e. The molecule has 1 nitrogen and oxygen atoms in total. The summed E-state index contributed by atoms with van der Waals surface area (Å²) in [6.07, 6.45) is 8.19. The third kappa shape index (κ3) is 6.48. The van der Waals surface area contributed by atoms with Crippen LogP contribution in [0.15, 0.2) is 0 Å². The summed E-state index contributed by atoms with van der Waals surface area (Å²) in [4.78, 5) is 0. The molecule has 0 aromatic rings. The molecule has 0 radical (unpaired) electrons. The second-order valence-electron chi connectivity index (χ2n) is 1.47. The normalized spacial score (nSPS) is 5.60. The third-order valence-corrected chi connectivity index (χ3v) is 0.627. The average molecular weight is 132 g/mol. The van der Waals surface area contributed by atoms with Crippen LogP contribution in [-0.2, 0) is 4.74 Å². The van der Waals surface area contributed by atoms with Crippen molar-refractivity contribution in [3.63, 3.8) is 0 Å². The van der Waals surface area contributed by atoms with E-state index in [1.807, 2.05) is 6.92 Å². The molecular weight excluding hydrogens is 124 g/mol. The maximum Gasteiger partial charge on any atom is 0.124 e. The van der Waals surface area contributed by atoms with E-state index in [-0.39, 0.29) is 0 Å². The van der Waals surface area contributed by atoms with E-state index in [1.54, 1.807) is 0 Å². The van der Waals surface area contributed by atoms with Gasteiger partial charge in [-0.25, -0.2) is 0 Å². The zero-order chi connectivity index (χ0) is 7.66. The monoisotopic (exact) mass is 132 g/mol. The molecule has 0 heterocycles. The first kappa shape index (κ1) is 8.48. The molecular formula is C9H8O. The van der Waals surface area contributed by atoms with Crippen molar-refractivity contribution in [2.45, 2.75) is 13.3 Å². The van der Waals surface area contributed by atoms with Crippen molar-refractivity contribution in [2.24, 2.45) is 0 Å². The highest BCUT2D eigenvalue weighted by atomic mass is 16.5. The number of rotatable bonds is 2. The van der Waals surface area contributed by atoms with Gasteiger partial charge in [0.2, 0.25) is 0 Å². The highest BCUT2D eigenvalue weighted by Gasteiger charge is 1.71. The molecule has 0 fully saturated rings. The Labute approximate surface area is 61.8 Å². The Morgan fingerprint density at radius 3 is 2.70 bits per heavy atom. The van der Waals surface area contributed by atoms with E-state index in [2.05, 4.69) is 29.8 Å². The van der Waals surface area contributed by atoms with Crippen LogP contribution in [0.5, 0.6) is 0 Å². The molecule has 0 aliphatic heterocycles. The zero-order valence-electron chi connectivity index (χ0n) is 5.90. The summed E-state index contributed by atoms with van der Waals surface area (Å²) >= 11 is 0. The average Bonchev–Trinajstić information content (AvgIpc) is 1.97. The maximum atomic E-state index is 4.84. The van der Waals surface area contributed by atoms with Crippen molar-refractivity contribution in [1.29, 1.82) is 0 Å². The van der Waals surface area contributed by atoms with Crippen LogP contribution in [0.4, 0.5) is 0 Å². The van der Waals surface area contributed by atoms with Gasteiger partial charge in [0.1, 0.15) is 6.11 Å². The van der Waals surface area contributed by atoms with Gasteiger partial charge in [-0.15, -0.1) is 6.42 Å². The number of hydrogen-bond acceptors (Lipinski definition) is 1. The van der Waals surface area contributed by atoms with E-state index in [1.165, 1.54) is 0 Å². The summed E-state index contributed by atoms with van der Waals surface area (Å²) in [6, 6.07) is 0. The summed E-state index contributed by atoms with van der Waals surface area (Å²) in [5.41, 5.74) is 0. The molecule has 0 atom stereocenters. The fourth-order valence-corrected chi connectivity index (χ4v) is 0.282. The first-order valence-electron chi connectivity index (χ1n) is 2.99. The van der Waals surface area contributed by atoms with Crippen LogP contribution in [0, 0.1) is 36.2 Å². The molecule has 0 N–H and O–H groups in total. The summed E-state index contributed by atoms with van der Waals surface area (Å²) in [5, 5.41) is 0. The second-order valence-corrected chi connectivity index (χ2v) is 1.47. The van der Waals surface area contributed by atoms with Gasteiger partial charge >= 0.3 is 0 Å². The van der Waals surface area contributed by atoms with Crippen LogP contribution >= 0.6 is 0 Å². The van der Waals surface area contributed by atoms with Gasteiger partial charge in [0.05, 0.1) is 6.61 Å². The van der Waals surface area contributed by atoms with Crippen LogP contribution in [0.25, 0.3) is 0 Å². The van der Waals surface area contributed by atoms with E-state index in [0.717, 1.165) is 6.42 Å². The molecule has 0 saturated heterocycles. The van der Waals surface area contributed by atoms with E-state index in [9.17, 15) is 0 Å². The first-order chi connectivity index (χ1) is 4.91. The third-order valence-electron chi connectivity index (χ3n) is 0.627. The fraction of sp³-hybridized carbons (Fsp3) is 0.333. The Morgan fingerprint density at radius 2 is 2.10 bits per heavy atom. The van der Waals surface area contributed by atoms with E-state index in [0.29, 0.717) is 6.61 Å². The molecule has 0 unspecified atom stereocenters. The Morgan fingerprint density at radius 1 is 1.30 bits per heavy atom. The quantitative estimate of drug-likeness (QED) is 0.402. The van der Waals surface area contributed by atoms with E-state index < -0.39 is 0 Å². The van der Waals surface area contributed by atoms with Gasteiger partial charge in [-0.1, -0.05) is 6.92 Å². The van der Waals surface area contributed by atoms with Gasteiger partial charge in [-0.3, -0.25) is 0 Å². The summed E-state index contributed by atoms with van der Waals surface area (Å²) in [6.45, 7) is 2.65. The molecule has 0 bridgehead atoms. The van der Waals surface area contributed by atoms with Crippen molar-refractivity contribution in [2.75, 3.05) is 6.61 Å². The lowest BCUT2D eigenvalue weighted by atomic mass is 10.5. The van der Waals surface area contributed by atoms with Gasteiger partial charge in [0.25, 0.3) is 0 Å². The number of terminal acetylenes is 1. The standard InChI is InChI=1S/C9H8O/c1-3-5-6-7-9-10-8-4-2/h1H,4,8H2,2H3. The molecule has 0 amide bonds. The van der Waals surface area contributed by atoms with Gasteiger partial charge in [0, 0.05) is 11.8 Å². The Kier molecular flexibility index (Phi) is 6.34. The molecule has 0 aromatic heterocycles. The lowest BCUT2D eigenvalue weighted by Gasteiger charge is -1.86. The van der Waals surface area contributed by atoms with Gasteiger partial charge in [-0.2, -0.15) is 0 Å². The Bertz CT molecular complexity index is 223. The zero-order valence-corrected chi connectivity index (χ0v) is 5.90. The van der Waals surface area contributed by atoms with E-state index in [4.69, 9.17) is 11.2 Å². The highest BCUT2D eigenvalue weighted by molar-refractivity contribution is 5.32. The van der Waals surface area contributed by atoms with Crippen LogP contribution in [0.2, 0.25) is 0 Å². The number of ether oxygens (including phenoxy) is 1. The van der Waals surface area contributed by atoms with Crippen molar-refractivity contribution < 1.29 is 4.74 Å². The van der Waals surface area contributed by atoms with Crippen molar-refractivity contribution in [3.8, 4) is 36.2 Å². The smallest absolute Gasteiger partial charge is 0.124 e. The highest BCUT2D eigenvalue weighted by Crippen LogP contribution is 1.74. The molecule has 50 valence electrons. The minimum absolute atomic E-state index is 0.644. The van der Waals surface area contributed by atoms with Crippen LogP contribution in [0.1, 0.15) is 13.3 Å². The SMILES string of the molecule is C#CC#CC#COCCC. The summed E-state index contributed by atoms with van der Waals surface area (Å²) in [7, 11) is 0. The van der Waals surface area contributed by atoms with Gasteiger partial charge < -0.3 is 4.74 Å². The lowest BCUT2D eigenvalue weighted by molar-refractivity contribution is 0.278. The molecule has 10 heavy (non-hydrogen) atoms. The minimum atomic E-state index is 0.644. The van der Waals surface area contributed by atoms with E-state index >= 15 is 0 Å². The first-order valence-corrected chi connectivity index (χ1v) is 2.99. The molecule has 0 spiro atoms. The lowest BCUT2D eigenvalue weighted by Crippen LogP contribution is -1.81. The Balaban J connectivity index is 3.43. The molecule has 0 aliphatic carbocycles. The number of hydrogen-bond donors (Lipinski definition) is 0. The predicted octanol–water partition coefficient (Wildman–Crippen LogP) is 1.01. The summed E-state index contributed by atoms with van der Waals surface area (Å²) in [5.74, 6) is 9.36. The minimum Gasteiger partial charge on any atom is -0.446 e. The molecule has 0 aliphatic rings.